The van der Waals surface area contributed by atoms with E-state index < -0.39 is 0 Å². The summed E-state index contributed by atoms with van der Waals surface area (Å²) in [6.07, 6.45) is 1.51. The molecule has 0 aliphatic heterocycles. The SMILES string of the molecule is CCCC(=O)Nc1ccc(CNC(=O)CNC(=O)Cc2cccc3ccccc23)cc1. The lowest BCUT2D eigenvalue weighted by molar-refractivity contribution is -0.125. The van der Waals surface area contributed by atoms with Crippen LogP contribution < -0.4 is 16.0 Å². The number of carbonyl (C=O) groups is 3. The summed E-state index contributed by atoms with van der Waals surface area (Å²) in [6, 6.07) is 21.1. The Bertz CT molecular complexity index is 1060. The van der Waals surface area contributed by atoms with E-state index in [0.717, 1.165) is 34.0 Å². The minimum absolute atomic E-state index is 0.0113. The first-order chi connectivity index (χ1) is 15.0. The lowest BCUT2D eigenvalue weighted by atomic mass is 10.0. The summed E-state index contributed by atoms with van der Waals surface area (Å²) in [4.78, 5) is 36.0. The van der Waals surface area contributed by atoms with Crippen LogP contribution in [0.25, 0.3) is 10.8 Å². The van der Waals surface area contributed by atoms with Gasteiger partial charge in [-0.15, -0.1) is 0 Å². The third-order valence-corrected chi connectivity index (χ3v) is 4.88. The fraction of sp³-hybridized carbons (Fsp3) is 0.240. The van der Waals surface area contributed by atoms with Gasteiger partial charge in [-0.3, -0.25) is 14.4 Å². The highest BCUT2D eigenvalue weighted by molar-refractivity contribution is 5.92. The molecule has 0 radical (unpaired) electrons. The number of fused-ring (bicyclic) bond motifs is 1. The summed E-state index contributed by atoms with van der Waals surface area (Å²) in [5.74, 6) is -0.465. The monoisotopic (exact) mass is 417 g/mol. The molecular weight excluding hydrogens is 390 g/mol. The van der Waals surface area contributed by atoms with E-state index in [1.807, 2.05) is 61.5 Å². The van der Waals surface area contributed by atoms with Crippen molar-refractivity contribution in [1.29, 1.82) is 0 Å². The second-order valence-corrected chi connectivity index (χ2v) is 7.36. The van der Waals surface area contributed by atoms with Crippen molar-refractivity contribution in [3.8, 4) is 0 Å². The van der Waals surface area contributed by atoms with Gasteiger partial charge in [0.2, 0.25) is 17.7 Å². The zero-order valence-electron chi connectivity index (χ0n) is 17.6. The fourth-order valence-electron chi connectivity index (χ4n) is 3.28. The number of benzene rings is 3. The molecule has 0 aliphatic carbocycles. The minimum Gasteiger partial charge on any atom is -0.350 e. The summed E-state index contributed by atoms with van der Waals surface area (Å²) in [5, 5.41) is 10.4. The maximum Gasteiger partial charge on any atom is 0.239 e. The minimum atomic E-state index is -0.258. The molecule has 3 N–H and O–H groups in total. The molecule has 3 aromatic rings. The summed E-state index contributed by atoms with van der Waals surface area (Å²) < 4.78 is 0. The van der Waals surface area contributed by atoms with E-state index in [1.54, 1.807) is 12.1 Å². The predicted molar refractivity (Wildman–Crippen MR) is 122 cm³/mol. The van der Waals surface area contributed by atoms with Gasteiger partial charge in [0.05, 0.1) is 13.0 Å². The highest BCUT2D eigenvalue weighted by atomic mass is 16.2. The van der Waals surface area contributed by atoms with Gasteiger partial charge in [0.1, 0.15) is 0 Å². The Balaban J connectivity index is 1.42. The summed E-state index contributed by atoms with van der Waals surface area (Å²) in [6.45, 7) is 2.23. The van der Waals surface area contributed by atoms with Gasteiger partial charge < -0.3 is 16.0 Å². The van der Waals surface area contributed by atoms with Crippen molar-refractivity contribution in [2.24, 2.45) is 0 Å². The molecule has 0 bridgehead atoms. The van der Waals surface area contributed by atoms with E-state index in [9.17, 15) is 14.4 Å². The van der Waals surface area contributed by atoms with Crippen LogP contribution in [0.4, 0.5) is 5.69 Å². The molecule has 0 atom stereocenters. The molecule has 0 saturated heterocycles. The maximum atomic E-state index is 12.3. The molecule has 0 aliphatic rings. The van der Waals surface area contributed by atoms with Crippen molar-refractivity contribution in [3.63, 3.8) is 0 Å². The molecule has 0 saturated carbocycles. The number of nitrogens with one attached hydrogen (secondary N) is 3. The largest absolute Gasteiger partial charge is 0.350 e. The number of hydrogen-bond donors (Lipinski definition) is 3. The van der Waals surface area contributed by atoms with E-state index >= 15 is 0 Å². The molecule has 0 spiro atoms. The Morgan fingerprint density at radius 2 is 1.52 bits per heavy atom. The van der Waals surface area contributed by atoms with Gasteiger partial charge in [-0.25, -0.2) is 0 Å². The van der Waals surface area contributed by atoms with Gasteiger partial charge in [-0.1, -0.05) is 61.5 Å². The van der Waals surface area contributed by atoms with Gasteiger partial charge in [0.25, 0.3) is 0 Å². The van der Waals surface area contributed by atoms with Crippen molar-refractivity contribution in [2.45, 2.75) is 32.7 Å². The molecule has 3 rings (SSSR count). The standard InChI is InChI=1S/C25H27N3O3/c1-2-6-23(29)28-21-13-11-18(12-14-21)16-26-25(31)17-27-24(30)15-20-9-5-8-19-7-3-4-10-22(19)20/h3-5,7-14H,2,6,15-17H2,1H3,(H,26,31)(H,27,30)(H,28,29). The first-order valence-electron chi connectivity index (χ1n) is 10.4. The van der Waals surface area contributed by atoms with Crippen LogP contribution in [0, 0.1) is 0 Å². The second kappa shape index (κ2) is 10.9. The highest BCUT2D eigenvalue weighted by Crippen LogP contribution is 2.18. The molecule has 160 valence electrons. The summed E-state index contributed by atoms with van der Waals surface area (Å²) in [5.41, 5.74) is 2.57. The molecule has 0 unspecified atom stereocenters. The topological polar surface area (TPSA) is 87.3 Å². The summed E-state index contributed by atoms with van der Waals surface area (Å²) in [7, 11) is 0. The third kappa shape index (κ3) is 6.67. The zero-order valence-corrected chi connectivity index (χ0v) is 17.6. The van der Waals surface area contributed by atoms with Crippen LogP contribution in [0.1, 0.15) is 30.9 Å². The first kappa shape index (κ1) is 22.0. The number of amides is 3. The van der Waals surface area contributed by atoms with Crippen molar-refractivity contribution in [1.82, 2.24) is 10.6 Å². The second-order valence-electron chi connectivity index (χ2n) is 7.36. The van der Waals surface area contributed by atoms with Crippen molar-refractivity contribution >= 4 is 34.2 Å². The van der Waals surface area contributed by atoms with Crippen LogP contribution in [-0.2, 0) is 27.3 Å². The Kier molecular flexibility index (Phi) is 7.76. The number of carbonyl (C=O) groups excluding carboxylic acids is 3. The van der Waals surface area contributed by atoms with Crippen molar-refractivity contribution < 1.29 is 14.4 Å². The number of hydrogen-bond acceptors (Lipinski definition) is 3. The van der Waals surface area contributed by atoms with Crippen molar-refractivity contribution in [2.75, 3.05) is 11.9 Å². The molecule has 0 aromatic heterocycles. The quantitative estimate of drug-likeness (QED) is 0.498. The fourth-order valence-corrected chi connectivity index (χ4v) is 3.28. The van der Waals surface area contributed by atoms with Crippen LogP contribution in [0.15, 0.2) is 66.7 Å². The average Bonchev–Trinajstić information content (AvgIpc) is 2.77. The lowest BCUT2D eigenvalue weighted by Gasteiger charge is -2.09. The molecule has 0 fully saturated rings. The van der Waals surface area contributed by atoms with E-state index in [0.29, 0.717) is 13.0 Å². The number of rotatable bonds is 9. The van der Waals surface area contributed by atoms with Crippen LogP contribution in [0.2, 0.25) is 0 Å². The molecular formula is C25H27N3O3. The Morgan fingerprint density at radius 3 is 2.29 bits per heavy atom. The smallest absolute Gasteiger partial charge is 0.239 e. The normalized spacial score (nSPS) is 10.5. The molecule has 3 aromatic carbocycles. The Hall–Kier alpha value is -3.67. The van der Waals surface area contributed by atoms with Gasteiger partial charge in [0.15, 0.2) is 0 Å². The number of anilines is 1. The average molecular weight is 418 g/mol. The van der Waals surface area contributed by atoms with Crippen molar-refractivity contribution in [3.05, 3.63) is 77.9 Å². The van der Waals surface area contributed by atoms with Gasteiger partial charge in [-0.05, 0) is 40.5 Å². The maximum absolute atomic E-state index is 12.3. The highest BCUT2D eigenvalue weighted by Gasteiger charge is 2.09. The molecule has 6 heteroatoms. The van der Waals surface area contributed by atoms with Gasteiger partial charge in [0, 0.05) is 18.7 Å². The third-order valence-electron chi connectivity index (χ3n) is 4.88. The van der Waals surface area contributed by atoms with Crippen LogP contribution in [-0.4, -0.2) is 24.3 Å². The van der Waals surface area contributed by atoms with E-state index in [4.69, 9.17) is 0 Å². The lowest BCUT2D eigenvalue weighted by Crippen LogP contribution is -2.37. The van der Waals surface area contributed by atoms with E-state index in [2.05, 4.69) is 16.0 Å². The van der Waals surface area contributed by atoms with Crippen LogP contribution >= 0.6 is 0 Å². The first-order valence-corrected chi connectivity index (χ1v) is 10.4. The Morgan fingerprint density at radius 1 is 0.774 bits per heavy atom. The molecule has 3 amide bonds. The Labute approximate surface area is 182 Å². The van der Waals surface area contributed by atoms with E-state index in [1.165, 1.54) is 0 Å². The molecule has 0 heterocycles. The molecule has 31 heavy (non-hydrogen) atoms. The summed E-state index contributed by atoms with van der Waals surface area (Å²) >= 11 is 0. The predicted octanol–water partition coefficient (Wildman–Crippen LogP) is 3.55. The van der Waals surface area contributed by atoms with Gasteiger partial charge >= 0.3 is 0 Å². The van der Waals surface area contributed by atoms with Gasteiger partial charge in [-0.2, -0.15) is 0 Å². The van der Waals surface area contributed by atoms with Crippen LogP contribution in [0.3, 0.4) is 0 Å². The van der Waals surface area contributed by atoms with Crippen LogP contribution in [0.5, 0.6) is 0 Å². The molecule has 6 nitrogen and oxygen atoms in total. The zero-order chi connectivity index (χ0) is 22.1. The van der Waals surface area contributed by atoms with E-state index in [-0.39, 0.29) is 30.7 Å².